The first kappa shape index (κ1) is 21.7. The Balaban J connectivity index is 1.43. The molecule has 0 saturated carbocycles. The molecule has 10 heteroatoms. The normalized spacial score (nSPS) is 14.1. The van der Waals surface area contributed by atoms with Gasteiger partial charge in [0, 0.05) is 37.0 Å². The standard InChI is InChI=1S/C22H23N5O4S/c1-16(28)23-18-6-8-20(9-7-18)32(29,30)26-19-4-2-17(3-5-19)21-10-11-22(25-24-21)27-12-14-31-15-13-27/h2-11,26H,12-15H2,1H3,(H,23,28). The van der Waals surface area contributed by atoms with Crippen molar-refractivity contribution >= 4 is 33.1 Å². The van der Waals surface area contributed by atoms with Gasteiger partial charge in [0.05, 0.1) is 23.8 Å². The molecule has 2 heterocycles. The van der Waals surface area contributed by atoms with Crippen LogP contribution in [0.4, 0.5) is 17.2 Å². The number of nitrogens with zero attached hydrogens (tertiary/aromatic N) is 3. The van der Waals surface area contributed by atoms with Crippen LogP contribution >= 0.6 is 0 Å². The highest BCUT2D eigenvalue weighted by Gasteiger charge is 2.15. The van der Waals surface area contributed by atoms with E-state index in [-0.39, 0.29) is 10.8 Å². The van der Waals surface area contributed by atoms with Gasteiger partial charge in [0.2, 0.25) is 5.91 Å². The summed E-state index contributed by atoms with van der Waals surface area (Å²) >= 11 is 0. The minimum atomic E-state index is -3.76. The molecule has 0 spiro atoms. The third-order valence-electron chi connectivity index (χ3n) is 4.90. The molecule has 1 aromatic heterocycles. The highest BCUT2D eigenvalue weighted by molar-refractivity contribution is 7.92. The number of sulfonamides is 1. The molecule has 0 aliphatic carbocycles. The van der Waals surface area contributed by atoms with Gasteiger partial charge in [-0.05, 0) is 48.5 Å². The number of carbonyl (C=O) groups is 1. The number of anilines is 3. The third kappa shape index (κ3) is 5.21. The van der Waals surface area contributed by atoms with Gasteiger partial charge in [0.1, 0.15) is 0 Å². The van der Waals surface area contributed by atoms with Crippen molar-refractivity contribution in [1.29, 1.82) is 0 Å². The molecule has 0 radical (unpaired) electrons. The molecule has 0 bridgehead atoms. The first-order chi connectivity index (χ1) is 15.4. The van der Waals surface area contributed by atoms with Gasteiger partial charge in [-0.15, -0.1) is 10.2 Å². The fourth-order valence-electron chi connectivity index (χ4n) is 3.28. The molecule has 1 saturated heterocycles. The van der Waals surface area contributed by atoms with Crippen molar-refractivity contribution in [3.05, 3.63) is 60.7 Å². The van der Waals surface area contributed by atoms with E-state index in [0.717, 1.165) is 24.5 Å². The second-order valence-corrected chi connectivity index (χ2v) is 8.95. The molecule has 0 atom stereocenters. The molecule has 32 heavy (non-hydrogen) atoms. The number of carbonyl (C=O) groups excluding carboxylic acids is 1. The van der Waals surface area contributed by atoms with Crippen molar-refractivity contribution in [2.75, 3.05) is 41.2 Å². The molecule has 1 aliphatic rings. The lowest BCUT2D eigenvalue weighted by Crippen LogP contribution is -2.36. The van der Waals surface area contributed by atoms with Crippen molar-refractivity contribution in [2.24, 2.45) is 0 Å². The summed E-state index contributed by atoms with van der Waals surface area (Å²) in [5.41, 5.74) is 2.48. The van der Waals surface area contributed by atoms with Crippen LogP contribution in [0.15, 0.2) is 65.6 Å². The number of rotatable bonds is 6. The van der Waals surface area contributed by atoms with Crippen LogP contribution in [0.2, 0.25) is 0 Å². The summed E-state index contributed by atoms with van der Waals surface area (Å²) in [5, 5.41) is 11.2. The van der Waals surface area contributed by atoms with Crippen LogP contribution in [-0.4, -0.2) is 50.8 Å². The van der Waals surface area contributed by atoms with Gasteiger partial charge in [-0.2, -0.15) is 0 Å². The van der Waals surface area contributed by atoms with Crippen LogP contribution in [0.5, 0.6) is 0 Å². The molecule has 2 N–H and O–H groups in total. The SMILES string of the molecule is CC(=O)Nc1ccc(S(=O)(=O)Nc2ccc(-c3ccc(N4CCOCC4)nn3)cc2)cc1. The van der Waals surface area contributed by atoms with E-state index in [1.54, 1.807) is 24.3 Å². The third-order valence-corrected chi connectivity index (χ3v) is 6.30. The number of morpholine rings is 1. The average Bonchev–Trinajstić information content (AvgIpc) is 2.80. The predicted octanol–water partition coefficient (Wildman–Crippen LogP) is 2.74. The highest BCUT2D eigenvalue weighted by Crippen LogP contribution is 2.23. The van der Waals surface area contributed by atoms with E-state index < -0.39 is 10.0 Å². The lowest BCUT2D eigenvalue weighted by atomic mass is 10.1. The largest absolute Gasteiger partial charge is 0.378 e. The molecular weight excluding hydrogens is 430 g/mol. The fourth-order valence-corrected chi connectivity index (χ4v) is 4.34. The van der Waals surface area contributed by atoms with E-state index in [9.17, 15) is 13.2 Å². The fraction of sp³-hybridized carbons (Fsp3) is 0.227. The van der Waals surface area contributed by atoms with Crippen LogP contribution in [0, 0.1) is 0 Å². The Morgan fingerprint density at radius 2 is 1.56 bits per heavy atom. The van der Waals surface area contributed by atoms with Crippen LogP contribution in [0.3, 0.4) is 0 Å². The number of nitrogens with one attached hydrogen (secondary N) is 2. The molecular formula is C22H23N5O4S. The van der Waals surface area contributed by atoms with Crippen molar-refractivity contribution in [3.63, 3.8) is 0 Å². The number of hydrogen-bond acceptors (Lipinski definition) is 7. The Bertz CT molecular complexity index is 1170. The number of ether oxygens (including phenoxy) is 1. The zero-order valence-electron chi connectivity index (χ0n) is 17.5. The average molecular weight is 454 g/mol. The van der Waals surface area contributed by atoms with Crippen LogP contribution in [0.1, 0.15) is 6.92 Å². The van der Waals surface area contributed by atoms with E-state index in [1.165, 1.54) is 31.2 Å². The Kier molecular flexibility index (Phi) is 6.33. The predicted molar refractivity (Wildman–Crippen MR) is 122 cm³/mol. The summed E-state index contributed by atoms with van der Waals surface area (Å²) in [6.07, 6.45) is 0. The topological polar surface area (TPSA) is 114 Å². The van der Waals surface area contributed by atoms with Crippen molar-refractivity contribution in [3.8, 4) is 11.3 Å². The number of amides is 1. The molecule has 3 aromatic rings. The van der Waals surface area contributed by atoms with E-state index >= 15 is 0 Å². The monoisotopic (exact) mass is 453 g/mol. The zero-order valence-corrected chi connectivity index (χ0v) is 18.3. The van der Waals surface area contributed by atoms with Crippen LogP contribution in [-0.2, 0) is 19.6 Å². The first-order valence-electron chi connectivity index (χ1n) is 10.1. The minimum Gasteiger partial charge on any atom is -0.378 e. The van der Waals surface area contributed by atoms with Crippen LogP contribution < -0.4 is 14.9 Å². The quantitative estimate of drug-likeness (QED) is 0.590. The molecule has 1 aliphatic heterocycles. The smallest absolute Gasteiger partial charge is 0.261 e. The summed E-state index contributed by atoms with van der Waals surface area (Å²) in [4.78, 5) is 13.3. The van der Waals surface area contributed by atoms with E-state index in [4.69, 9.17) is 4.74 Å². The lowest BCUT2D eigenvalue weighted by molar-refractivity contribution is -0.114. The highest BCUT2D eigenvalue weighted by atomic mass is 32.2. The van der Waals surface area contributed by atoms with E-state index in [0.29, 0.717) is 30.3 Å². The van der Waals surface area contributed by atoms with E-state index in [2.05, 4.69) is 25.1 Å². The lowest BCUT2D eigenvalue weighted by Gasteiger charge is -2.27. The molecule has 4 rings (SSSR count). The molecule has 2 aromatic carbocycles. The van der Waals surface area contributed by atoms with Crippen molar-refractivity contribution in [1.82, 2.24) is 10.2 Å². The van der Waals surface area contributed by atoms with E-state index in [1.807, 2.05) is 12.1 Å². The summed E-state index contributed by atoms with van der Waals surface area (Å²) < 4.78 is 33.2. The van der Waals surface area contributed by atoms with Gasteiger partial charge in [0.15, 0.2) is 5.82 Å². The van der Waals surface area contributed by atoms with Gasteiger partial charge < -0.3 is 15.0 Å². The number of aromatic nitrogens is 2. The van der Waals surface area contributed by atoms with Crippen LogP contribution in [0.25, 0.3) is 11.3 Å². The van der Waals surface area contributed by atoms with Gasteiger partial charge in [-0.25, -0.2) is 8.42 Å². The molecule has 1 amide bonds. The van der Waals surface area contributed by atoms with Gasteiger partial charge >= 0.3 is 0 Å². The molecule has 166 valence electrons. The second-order valence-electron chi connectivity index (χ2n) is 7.26. The maximum Gasteiger partial charge on any atom is 0.261 e. The summed E-state index contributed by atoms with van der Waals surface area (Å²) in [6, 6.07) is 16.7. The number of benzene rings is 2. The summed E-state index contributed by atoms with van der Waals surface area (Å²) in [5.74, 6) is 0.588. The maximum atomic E-state index is 12.6. The van der Waals surface area contributed by atoms with Gasteiger partial charge in [-0.3, -0.25) is 9.52 Å². The maximum absolute atomic E-state index is 12.6. The molecule has 9 nitrogen and oxygen atoms in total. The zero-order chi connectivity index (χ0) is 22.6. The summed E-state index contributed by atoms with van der Waals surface area (Å²) in [6.45, 7) is 4.33. The Morgan fingerprint density at radius 1 is 0.906 bits per heavy atom. The molecule has 0 unspecified atom stereocenters. The number of hydrogen-bond donors (Lipinski definition) is 2. The van der Waals surface area contributed by atoms with Crippen molar-refractivity contribution < 1.29 is 17.9 Å². The second kappa shape index (κ2) is 9.33. The van der Waals surface area contributed by atoms with Gasteiger partial charge in [0.25, 0.3) is 10.0 Å². The van der Waals surface area contributed by atoms with Crippen molar-refractivity contribution in [2.45, 2.75) is 11.8 Å². The minimum absolute atomic E-state index is 0.0975. The Morgan fingerprint density at radius 3 is 2.16 bits per heavy atom. The summed E-state index contributed by atoms with van der Waals surface area (Å²) in [7, 11) is -3.76. The molecule has 1 fully saturated rings. The van der Waals surface area contributed by atoms with Gasteiger partial charge in [-0.1, -0.05) is 12.1 Å². The first-order valence-corrected chi connectivity index (χ1v) is 11.6. The Labute approximate surface area is 186 Å². The Hall–Kier alpha value is -3.50.